The fourth-order valence-electron chi connectivity index (χ4n) is 11.1. The number of aliphatic hydroxyl groups excluding tert-OH is 4. The molecule has 4 fully saturated rings. The third kappa shape index (κ3) is 17.0. The number of nitrogens with one attached hydrogen (secondary N) is 2. The van der Waals surface area contributed by atoms with Crippen LogP contribution >= 0.6 is 55.9 Å². The molecule has 4 heterocycles. The normalized spacial score (nSPS) is 36.5. The summed E-state index contributed by atoms with van der Waals surface area (Å²) < 4.78 is 73.0. The number of halogens is 1. The Hall–Kier alpha value is -3.56. The minimum atomic E-state index is -2.03. The Morgan fingerprint density at radius 2 is 1.61 bits per heavy atom. The number of likely N-dealkylation sites (N-methyl/N-ethyl adjacent to an activating group) is 1. The molecule has 2 bridgehead atoms. The van der Waals surface area contributed by atoms with Gasteiger partial charge in [-0.2, -0.15) is 0 Å². The molecule has 7 rings (SSSR count). The number of nitrogens with zero attached hydrogens (tertiary/aromatic N) is 1. The van der Waals surface area contributed by atoms with Gasteiger partial charge in [0.1, 0.15) is 30.5 Å². The smallest absolute Gasteiger partial charge is 0.411 e. The largest absolute Gasteiger partial charge is 0.492 e. The van der Waals surface area contributed by atoms with Gasteiger partial charge in [-0.05, 0) is 74.4 Å². The van der Waals surface area contributed by atoms with Crippen molar-refractivity contribution in [2.24, 2.45) is 17.0 Å². The number of ether oxygens (including phenoxy) is 12. The molecule has 2 aliphatic carbocycles. The van der Waals surface area contributed by atoms with Crippen LogP contribution in [0.15, 0.2) is 52.4 Å². The van der Waals surface area contributed by atoms with Crippen LogP contribution < -0.4 is 24.8 Å². The number of benzene rings is 1. The first-order valence-electron chi connectivity index (χ1n) is 29.1. The summed E-state index contributed by atoms with van der Waals surface area (Å²) in [7, 11) is 9.99. The van der Waals surface area contributed by atoms with Crippen LogP contribution in [0.5, 0.6) is 17.2 Å². The van der Waals surface area contributed by atoms with Crippen LogP contribution in [0.2, 0.25) is 0 Å². The molecule has 6 aliphatic rings. The molecule has 7 N–H and O–H groups in total. The zero-order chi connectivity index (χ0) is 64.3. The van der Waals surface area contributed by atoms with Gasteiger partial charge < -0.3 is 92.5 Å². The second-order valence-corrected chi connectivity index (χ2v) is 27.4. The van der Waals surface area contributed by atoms with Crippen molar-refractivity contribution in [3.8, 4) is 29.1 Å². The van der Waals surface area contributed by atoms with Crippen LogP contribution in [-0.4, -0.2) is 218 Å². The van der Waals surface area contributed by atoms with Crippen molar-refractivity contribution in [2.75, 3.05) is 54.5 Å². The SMILES string of the molecule is CCN[C@H]1CO[C@@H](O[C@H]2[C@H](O[C@H]3/C=C\C(C)/C=C\C#C[C@]4(O)CC(=O)C(NC(=O)OC)=C3/C4=C\CSSC(C)C)O[C@H](C)C(C=NO[C@H]3C[C@H](O)[C@H](SC(=O)c4c(C)c(I)c(O[C@@H]5O[C@@H](C)[C@H](O)[C@@H](OC)[C@H]5O)c(OC)c4OC)[C@@H](C)O3)[C@@H]2O)C[C@@H]1OC. The Morgan fingerprint density at radius 1 is 0.886 bits per heavy atom. The molecule has 24 nitrogen and oxygen atoms in total. The van der Waals surface area contributed by atoms with Crippen LogP contribution in [0, 0.1) is 34.2 Å². The number of oxime groups is 1. The molecule has 0 spiro atoms. The predicted molar refractivity (Wildman–Crippen MR) is 337 cm³/mol. The van der Waals surface area contributed by atoms with Crippen molar-refractivity contribution in [2.45, 2.75) is 189 Å². The summed E-state index contributed by atoms with van der Waals surface area (Å²) in [6, 6.07) is -0.163. The standard InChI is InChI=1S/C60H84IN3O21S3/c1-14-62-36-27-78-41(24-40(36)73-9)83-53-48(68)34(31(6)80-58(53)82-39-19-18-29(4)17-15-16-21-60(72)25-38(66)46(64-59(71)77-13)44(39)35(60)20-22-86-88-28(2)3)26-63-85-42-23-37(65)55(33(8)79-42)87-56(70)43-30(5)45(61)51(54(76-12)50(43)74-10)84-57-49(69)52(75-11)47(67)32(7)81-57/h15,17-20,26,28-29,31-34,36-37,39-42,47-49,52-53,55,57-58,62,65,67-69,72H,14,22-25,27H2,1-13H3,(H,64,71)/b17-15-,19-18-,35-20+,63-26?/t29?,31-,32+,33-,34?,36+,37+,39+,40+,41+,42+,47+,48+,49-,52-,53-,55-,57+,58+,60+/m1/s1. The highest BCUT2D eigenvalue weighted by Crippen LogP contribution is 2.49. The molecule has 0 radical (unpaired) electrons. The molecule has 0 aromatic heterocycles. The quantitative estimate of drug-likeness (QED) is 0.0148. The second kappa shape index (κ2) is 32.8. The van der Waals surface area contributed by atoms with E-state index >= 15 is 0 Å². The van der Waals surface area contributed by atoms with Gasteiger partial charge in [0.2, 0.25) is 23.4 Å². The molecular weight excluding hydrogens is 1320 g/mol. The molecule has 88 heavy (non-hydrogen) atoms. The highest BCUT2D eigenvalue weighted by molar-refractivity contribution is 14.1. The van der Waals surface area contributed by atoms with Gasteiger partial charge in [0.15, 0.2) is 35.5 Å². The van der Waals surface area contributed by atoms with Gasteiger partial charge >= 0.3 is 6.09 Å². The Balaban J connectivity index is 1.13. The zero-order valence-electron chi connectivity index (χ0n) is 51.6. The van der Waals surface area contributed by atoms with Gasteiger partial charge in [0, 0.05) is 49.2 Å². The molecule has 490 valence electrons. The van der Waals surface area contributed by atoms with Crippen molar-refractivity contribution in [3.05, 3.63) is 61.9 Å². The van der Waals surface area contributed by atoms with Crippen molar-refractivity contribution in [3.63, 3.8) is 0 Å². The highest BCUT2D eigenvalue weighted by atomic mass is 127. The van der Waals surface area contributed by atoms with E-state index in [-0.39, 0.29) is 82.4 Å². The molecule has 0 saturated carbocycles. The molecule has 1 aromatic rings. The molecular formula is C60H84IN3O21S3. The number of fused-ring (bicyclic) bond motifs is 2. The van der Waals surface area contributed by atoms with E-state index in [1.807, 2.05) is 48.6 Å². The van der Waals surface area contributed by atoms with E-state index in [9.17, 15) is 39.9 Å². The fraction of sp³-hybridized carbons (Fsp3) is 0.667. The summed E-state index contributed by atoms with van der Waals surface area (Å²) in [5, 5.41) is 67.6. The van der Waals surface area contributed by atoms with Crippen LogP contribution in [-0.2, 0) is 52.3 Å². The number of hydrogen-bond acceptors (Lipinski definition) is 26. The first-order valence-corrected chi connectivity index (χ1v) is 33.4. The molecule has 1 aromatic carbocycles. The number of aliphatic hydroxyl groups is 5. The minimum absolute atomic E-state index is 0.0344. The van der Waals surface area contributed by atoms with E-state index in [0.29, 0.717) is 21.4 Å². The predicted octanol–water partition coefficient (Wildman–Crippen LogP) is 5.24. The van der Waals surface area contributed by atoms with Crippen LogP contribution in [0.3, 0.4) is 0 Å². The lowest BCUT2D eigenvalue weighted by Gasteiger charge is -2.46. The summed E-state index contributed by atoms with van der Waals surface area (Å²) >= 11 is 2.84. The van der Waals surface area contributed by atoms with Crippen LogP contribution in [0.4, 0.5) is 4.79 Å². The van der Waals surface area contributed by atoms with Gasteiger partial charge in [0.05, 0.1) is 109 Å². The summed E-state index contributed by atoms with van der Waals surface area (Å²) in [6.07, 6.45) is -7.62. The lowest BCUT2D eigenvalue weighted by Crippen LogP contribution is -2.59. The number of Topliss-reactive ketones (excluding diaryl/α,β-unsaturated/α-hetero) is 1. The van der Waals surface area contributed by atoms with Gasteiger partial charge in [-0.15, -0.1) is 0 Å². The minimum Gasteiger partial charge on any atom is -0.492 e. The monoisotopic (exact) mass is 1410 g/mol. The topological polar surface area (TPSA) is 309 Å². The molecule has 4 aliphatic heterocycles. The molecule has 20 atom stereocenters. The number of thioether (sulfide) groups is 1. The van der Waals surface area contributed by atoms with E-state index in [2.05, 4.69) is 41.5 Å². The third-order valence-corrected chi connectivity index (χ3v) is 21.2. The van der Waals surface area contributed by atoms with Crippen molar-refractivity contribution in [1.82, 2.24) is 10.6 Å². The van der Waals surface area contributed by atoms with E-state index in [0.717, 1.165) is 18.9 Å². The maximum Gasteiger partial charge on any atom is 0.411 e. The molecule has 2 unspecified atom stereocenters. The number of hydrogen-bond donors (Lipinski definition) is 7. The Bertz CT molecular complexity index is 2800. The third-order valence-electron chi connectivity index (χ3n) is 15.7. The maximum atomic E-state index is 14.4. The van der Waals surface area contributed by atoms with E-state index < -0.39 is 126 Å². The zero-order valence-corrected chi connectivity index (χ0v) is 56.2. The number of carbonyl (C=O) groups is 3. The lowest BCUT2D eigenvalue weighted by molar-refractivity contribution is -0.326. The Morgan fingerprint density at radius 3 is 2.27 bits per heavy atom. The van der Waals surface area contributed by atoms with Gasteiger partial charge in [0.25, 0.3) is 0 Å². The van der Waals surface area contributed by atoms with Crippen molar-refractivity contribution < 1.29 is 102 Å². The first-order chi connectivity index (χ1) is 41.9. The van der Waals surface area contributed by atoms with Crippen molar-refractivity contribution >= 4 is 79.1 Å². The number of alkyl carbamates (subject to hydrolysis) is 1. The number of rotatable bonds is 22. The van der Waals surface area contributed by atoms with E-state index in [4.69, 9.17) is 61.7 Å². The summed E-state index contributed by atoms with van der Waals surface area (Å²) in [5.41, 5.74) is -1.32. The number of allylic oxidation sites excluding steroid dienone is 4. The van der Waals surface area contributed by atoms with E-state index in [1.54, 1.807) is 63.8 Å². The van der Waals surface area contributed by atoms with Gasteiger partial charge in [-0.3, -0.25) is 14.9 Å². The number of methoxy groups -OCH3 is 5. The number of carbonyl (C=O) groups excluding carboxylic acids is 3. The fourth-order valence-corrected chi connectivity index (χ4v) is 14.7. The summed E-state index contributed by atoms with van der Waals surface area (Å²) in [6.45, 7) is 15.5. The van der Waals surface area contributed by atoms with Crippen LogP contribution in [0.1, 0.15) is 83.7 Å². The first kappa shape index (κ1) is 71.9. The average molecular weight is 1410 g/mol. The highest BCUT2D eigenvalue weighted by Gasteiger charge is 2.51. The van der Waals surface area contributed by atoms with Crippen LogP contribution in [0.25, 0.3) is 0 Å². The number of amides is 1. The summed E-state index contributed by atoms with van der Waals surface area (Å²) in [5.74, 6) is 4.56. The Labute approximate surface area is 539 Å². The molecule has 4 saturated heterocycles. The average Bonchev–Trinajstić information content (AvgIpc) is 1.83. The number of ketones is 1. The molecule has 28 heteroatoms. The molecule has 1 amide bonds. The van der Waals surface area contributed by atoms with Gasteiger partial charge in [-0.1, -0.05) is 102 Å². The van der Waals surface area contributed by atoms with E-state index in [1.165, 1.54) is 38.3 Å². The Kier molecular flexibility index (Phi) is 26.8. The maximum absolute atomic E-state index is 14.4. The summed E-state index contributed by atoms with van der Waals surface area (Å²) in [4.78, 5) is 47.7. The van der Waals surface area contributed by atoms with Gasteiger partial charge in [-0.25, -0.2) is 4.79 Å². The van der Waals surface area contributed by atoms with Crippen molar-refractivity contribution in [1.29, 1.82) is 0 Å². The second-order valence-electron chi connectivity index (χ2n) is 22.2. The lowest BCUT2D eigenvalue weighted by atomic mass is 9.75.